The van der Waals surface area contributed by atoms with Crippen LogP contribution < -0.4 is 5.32 Å². The van der Waals surface area contributed by atoms with Crippen molar-refractivity contribution >= 4 is 27.7 Å². The summed E-state index contributed by atoms with van der Waals surface area (Å²) in [7, 11) is 0. The molecule has 1 aliphatic heterocycles. The van der Waals surface area contributed by atoms with Gasteiger partial charge >= 0.3 is 5.97 Å². The van der Waals surface area contributed by atoms with Crippen LogP contribution in [0.2, 0.25) is 0 Å². The standard InChI is InChI=1S/C13H20BrN3O2/c1-3-5-6-10-11(14)12-15-7-9(8-17(12)16-10)13(18)19-4-2/h9,15H,3-8H2,1-2H3. The SMILES string of the molecule is CCCCc1nn2c(c1Br)NCC(C(=O)OCC)C2. The third-order valence-corrected chi connectivity index (χ3v) is 4.09. The third kappa shape index (κ3) is 3.11. The van der Waals surface area contributed by atoms with E-state index < -0.39 is 0 Å². The summed E-state index contributed by atoms with van der Waals surface area (Å²) in [5.41, 5.74) is 1.06. The molecule has 0 aliphatic carbocycles. The Bertz CT molecular complexity index is 459. The number of anilines is 1. The van der Waals surface area contributed by atoms with Crippen LogP contribution >= 0.6 is 15.9 Å². The van der Waals surface area contributed by atoms with E-state index in [1.54, 1.807) is 0 Å². The molecule has 2 heterocycles. The van der Waals surface area contributed by atoms with Crippen molar-refractivity contribution in [1.29, 1.82) is 0 Å². The van der Waals surface area contributed by atoms with Gasteiger partial charge in [0.05, 0.1) is 29.2 Å². The molecule has 0 bridgehead atoms. The van der Waals surface area contributed by atoms with E-state index in [4.69, 9.17) is 4.74 Å². The molecule has 19 heavy (non-hydrogen) atoms. The molecule has 0 saturated carbocycles. The summed E-state index contributed by atoms with van der Waals surface area (Å²) in [5.74, 6) is 0.673. The molecule has 0 amide bonds. The van der Waals surface area contributed by atoms with Crippen LogP contribution in [0.5, 0.6) is 0 Å². The van der Waals surface area contributed by atoms with Crippen LogP contribution in [0.4, 0.5) is 5.82 Å². The van der Waals surface area contributed by atoms with Crippen molar-refractivity contribution in [2.24, 2.45) is 5.92 Å². The molecular formula is C13H20BrN3O2. The molecule has 2 rings (SSSR count). The van der Waals surface area contributed by atoms with Crippen LogP contribution in [0.25, 0.3) is 0 Å². The highest BCUT2D eigenvalue weighted by Gasteiger charge is 2.28. The minimum absolute atomic E-state index is 0.151. The zero-order valence-electron chi connectivity index (χ0n) is 11.4. The van der Waals surface area contributed by atoms with E-state index in [0.29, 0.717) is 19.7 Å². The summed E-state index contributed by atoms with van der Waals surface area (Å²) in [6.07, 6.45) is 3.23. The maximum Gasteiger partial charge on any atom is 0.312 e. The second kappa shape index (κ2) is 6.41. The van der Waals surface area contributed by atoms with Gasteiger partial charge in [-0.05, 0) is 35.7 Å². The lowest BCUT2D eigenvalue weighted by Gasteiger charge is -2.23. The number of nitrogens with one attached hydrogen (secondary N) is 1. The molecule has 1 aliphatic rings. The van der Waals surface area contributed by atoms with Gasteiger partial charge in [0.2, 0.25) is 0 Å². The van der Waals surface area contributed by atoms with Gasteiger partial charge in [0, 0.05) is 6.54 Å². The first-order valence-electron chi connectivity index (χ1n) is 6.83. The Morgan fingerprint density at radius 3 is 3.05 bits per heavy atom. The normalized spacial score (nSPS) is 17.7. The summed E-state index contributed by atoms with van der Waals surface area (Å²) in [6.45, 7) is 5.61. The molecule has 1 unspecified atom stereocenters. The molecular weight excluding hydrogens is 310 g/mol. The molecule has 0 fully saturated rings. The lowest BCUT2D eigenvalue weighted by Crippen LogP contribution is -2.34. The predicted molar refractivity (Wildman–Crippen MR) is 77.2 cm³/mol. The van der Waals surface area contributed by atoms with Gasteiger partial charge in [-0.1, -0.05) is 13.3 Å². The van der Waals surface area contributed by atoms with Crippen LogP contribution in [-0.4, -0.2) is 28.9 Å². The first kappa shape index (κ1) is 14.4. The molecule has 1 N–H and O–H groups in total. The Labute approximate surface area is 121 Å². The van der Waals surface area contributed by atoms with Crippen molar-refractivity contribution in [3.05, 3.63) is 10.2 Å². The first-order valence-corrected chi connectivity index (χ1v) is 7.62. The van der Waals surface area contributed by atoms with Gasteiger partial charge in [0.15, 0.2) is 0 Å². The topological polar surface area (TPSA) is 56.2 Å². The van der Waals surface area contributed by atoms with E-state index in [0.717, 1.165) is 35.2 Å². The summed E-state index contributed by atoms with van der Waals surface area (Å²) in [6, 6.07) is 0. The average Bonchev–Trinajstić information content (AvgIpc) is 2.73. The number of aryl methyl sites for hydroxylation is 1. The number of carbonyl (C=O) groups excluding carboxylic acids is 1. The Morgan fingerprint density at radius 2 is 2.37 bits per heavy atom. The maximum atomic E-state index is 11.8. The second-order valence-electron chi connectivity index (χ2n) is 4.72. The first-order chi connectivity index (χ1) is 9.17. The minimum atomic E-state index is -0.154. The lowest BCUT2D eigenvalue weighted by molar-refractivity contribution is -0.148. The van der Waals surface area contributed by atoms with E-state index in [1.165, 1.54) is 0 Å². The number of carbonyl (C=O) groups is 1. The Hall–Kier alpha value is -1.04. The zero-order valence-corrected chi connectivity index (χ0v) is 13.0. The van der Waals surface area contributed by atoms with Crippen molar-refractivity contribution in [3.8, 4) is 0 Å². The number of hydrogen-bond acceptors (Lipinski definition) is 4. The second-order valence-corrected chi connectivity index (χ2v) is 5.52. The monoisotopic (exact) mass is 329 g/mol. The fourth-order valence-electron chi connectivity index (χ4n) is 2.21. The van der Waals surface area contributed by atoms with Crippen LogP contribution in [0, 0.1) is 5.92 Å². The van der Waals surface area contributed by atoms with Crippen molar-refractivity contribution in [3.63, 3.8) is 0 Å². The van der Waals surface area contributed by atoms with E-state index in [-0.39, 0.29) is 11.9 Å². The van der Waals surface area contributed by atoms with Crippen LogP contribution in [0.15, 0.2) is 4.47 Å². The molecule has 1 aromatic heterocycles. The van der Waals surface area contributed by atoms with Gasteiger partial charge in [0.25, 0.3) is 0 Å². The predicted octanol–water partition coefficient (Wildman–Crippen LogP) is 2.59. The molecule has 1 aromatic rings. The van der Waals surface area contributed by atoms with Crippen LogP contribution in [0.1, 0.15) is 32.4 Å². The molecule has 0 saturated heterocycles. The molecule has 0 spiro atoms. The number of unbranched alkanes of at least 4 members (excludes halogenated alkanes) is 1. The molecule has 106 valence electrons. The Kier molecular flexibility index (Phi) is 4.85. The number of nitrogens with zero attached hydrogens (tertiary/aromatic N) is 2. The van der Waals surface area contributed by atoms with Gasteiger partial charge < -0.3 is 10.1 Å². The summed E-state index contributed by atoms with van der Waals surface area (Å²) in [5, 5.41) is 7.85. The van der Waals surface area contributed by atoms with Gasteiger partial charge in [-0.3, -0.25) is 4.79 Å². The summed E-state index contributed by atoms with van der Waals surface area (Å²) in [4.78, 5) is 11.8. The summed E-state index contributed by atoms with van der Waals surface area (Å²) >= 11 is 3.59. The minimum Gasteiger partial charge on any atom is -0.466 e. The highest BCUT2D eigenvalue weighted by molar-refractivity contribution is 9.10. The number of halogens is 1. The van der Waals surface area contributed by atoms with E-state index in [9.17, 15) is 4.79 Å². The highest BCUT2D eigenvalue weighted by Crippen LogP contribution is 2.31. The highest BCUT2D eigenvalue weighted by atomic mass is 79.9. The largest absolute Gasteiger partial charge is 0.466 e. The Balaban J connectivity index is 2.10. The average molecular weight is 330 g/mol. The van der Waals surface area contributed by atoms with Gasteiger partial charge in [-0.15, -0.1) is 0 Å². The molecule has 1 atom stereocenters. The van der Waals surface area contributed by atoms with Gasteiger partial charge in [-0.25, -0.2) is 4.68 Å². The van der Waals surface area contributed by atoms with Crippen molar-refractivity contribution in [1.82, 2.24) is 9.78 Å². The fourth-order valence-corrected chi connectivity index (χ4v) is 2.83. The molecule has 5 nitrogen and oxygen atoms in total. The number of rotatable bonds is 5. The number of fused-ring (bicyclic) bond motifs is 1. The van der Waals surface area contributed by atoms with Crippen LogP contribution in [-0.2, 0) is 22.5 Å². The molecule has 0 aromatic carbocycles. The maximum absolute atomic E-state index is 11.8. The quantitative estimate of drug-likeness (QED) is 0.843. The fraction of sp³-hybridized carbons (Fsp3) is 0.692. The van der Waals surface area contributed by atoms with Crippen molar-refractivity contribution in [2.75, 3.05) is 18.5 Å². The lowest BCUT2D eigenvalue weighted by atomic mass is 10.1. The van der Waals surface area contributed by atoms with Crippen molar-refractivity contribution < 1.29 is 9.53 Å². The van der Waals surface area contributed by atoms with Gasteiger partial charge in [-0.2, -0.15) is 5.10 Å². The van der Waals surface area contributed by atoms with Gasteiger partial charge in [0.1, 0.15) is 5.82 Å². The Morgan fingerprint density at radius 1 is 1.58 bits per heavy atom. The number of hydrogen-bond donors (Lipinski definition) is 1. The number of aromatic nitrogens is 2. The summed E-state index contributed by atoms with van der Waals surface area (Å²) < 4.78 is 7.97. The number of esters is 1. The number of ether oxygens (including phenoxy) is 1. The zero-order chi connectivity index (χ0) is 13.8. The van der Waals surface area contributed by atoms with E-state index in [2.05, 4.69) is 33.3 Å². The molecule has 0 radical (unpaired) electrons. The van der Waals surface area contributed by atoms with Crippen molar-refractivity contribution in [2.45, 2.75) is 39.7 Å². The smallest absolute Gasteiger partial charge is 0.312 e. The van der Waals surface area contributed by atoms with E-state index in [1.807, 2.05) is 11.6 Å². The van der Waals surface area contributed by atoms with Crippen LogP contribution in [0.3, 0.4) is 0 Å². The third-order valence-electron chi connectivity index (χ3n) is 3.26. The molecule has 6 heteroatoms. The van der Waals surface area contributed by atoms with E-state index >= 15 is 0 Å².